The Bertz CT molecular complexity index is 578. The monoisotopic (exact) mass is 227 g/mol. The van der Waals surface area contributed by atoms with E-state index in [4.69, 9.17) is 0 Å². The van der Waals surface area contributed by atoms with Crippen molar-refractivity contribution >= 4 is 23.1 Å². The number of benzene rings is 1. The van der Waals surface area contributed by atoms with Crippen LogP contribution in [0, 0.1) is 6.92 Å². The molecule has 0 unspecified atom stereocenters. The van der Waals surface area contributed by atoms with Gasteiger partial charge >= 0.3 is 0 Å². The molecular formula is C12H13N5. The Morgan fingerprint density at radius 2 is 2.12 bits per heavy atom. The van der Waals surface area contributed by atoms with Crippen LogP contribution in [0.2, 0.25) is 0 Å². The molecule has 0 saturated carbocycles. The molecule has 0 spiro atoms. The second-order valence-corrected chi connectivity index (χ2v) is 3.99. The average Bonchev–Trinajstić information content (AvgIpc) is 2.86. The number of aryl methyl sites for hydroxylation is 1. The zero-order valence-electron chi connectivity index (χ0n) is 9.59. The van der Waals surface area contributed by atoms with Crippen LogP contribution < -0.4 is 5.43 Å². The lowest BCUT2D eigenvalue weighted by Crippen LogP contribution is -2.26. The minimum atomic E-state index is 0.847. The molecule has 0 radical (unpaired) electrons. The summed E-state index contributed by atoms with van der Waals surface area (Å²) in [4.78, 5) is 12.8. The average molecular weight is 227 g/mol. The van der Waals surface area contributed by atoms with Crippen LogP contribution in [0.5, 0.6) is 0 Å². The second-order valence-electron chi connectivity index (χ2n) is 3.99. The SMILES string of the molecule is Cc1c(NN2C=NCC2)ccc2nccnc12. The Kier molecular flexibility index (Phi) is 2.36. The van der Waals surface area contributed by atoms with Crippen LogP contribution >= 0.6 is 0 Å². The van der Waals surface area contributed by atoms with Gasteiger partial charge in [0.1, 0.15) is 6.34 Å². The highest BCUT2D eigenvalue weighted by atomic mass is 15.5. The third-order valence-electron chi connectivity index (χ3n) is 2.85. The maximum atomic E-state index is 4.36. The van der Waals surface area contributed by atoms with Crippen LogP contribution in [0.3, 0.4) is 0 Å². The highest BCUT2D eigenvalue weighted by Gasteiger charge is 2.09. The first kappa shape index (κ1) is 10.0. The Morgan fingerprint density at radius 3 is 2.94 bits per heavy atom. The van der Waals surface area contributed by atoms with Crippen molar-refractivity contribution in [1.29, 1.82) is 0 Å². The number of nitrogens with one attached hydrogen (secondary N) is 1. The van der Waals surface area contributed by atoms with Crippen molar-refractivity contribution in [1.82, 2.24) is 15.0 Å². The van der Waals surface area contributed by atoms with Gasteiger partial charge in [-0.05, 0) is 19.1 Å². The maximum absolute atomic E-state index is 4.36. The van der Waals surface area contributed by atoms with E-state index >= 15 is 0 Å². The molecule has 0 amide bonds. The number of nitrogens with zero attached hydrogens (tertiary/aromatic N) is 4. The molecule has 86 valence electrons. The number of rotatable bonds is 2. The standard InChI is InChI=1S/C12H13N5/c1-9-10(16-17-7-6-13-8-17)2-3-11-12(9)15-5-4-14-11/h2-5,8,16H,6-7H2,1H3. The molecule has 1 aromatic carbocycles. The summed E-state index contributed by atoms with van der Waals surface area (Å²) in [5.41, 5.74) is 7.33. The van der Waals surface area contributed by atoms with E-state index in [1.54, 1.807) is 12.4 Å². The van der Waals surface area contributed by atoms with Gasteiger partial charge in [0, 0.05) is 18.0 Å². The second kappa shape index (κ2) is 4.01. The van der Waals surface area contributed by atoms with E-state index < -0.39 is 0 Å². The van der Waals surface area contributed by atoms with Crippen molar-refractivity contribution < 1.29 is 0 Å². The van der Waals surface area contributed by atoms with E-state index in [1.165, 1.54) is 0 Å². The van der Waals surface area contributed by atoms with Crippen LogP contribution in [-0.2, 0) is 0 Å². The molecule has 1 aliphatic rings. The van der Waals surface area contributed by atoms with Crippen LogP contribution in [0.4, 0.5) is 5.69 Å². The van der Waals surface area contributed by atoms with Gasteiger partial charge in [-0.2, -0.15) is 0 Å². The molecule has 0 fully saturated rings. The number of aromatic nitrogens is 2. The number of hydrogen-bond acceptors (Lipinski definition) is 5. The van der Waals surface area contributed by atoms with E-state index in [-0.39, 0.29) is 0 Å². The first-order valence-electron chi connectivity index (χ1n) is 5.58. The first-order chi connectivity index (χ1) is 8.34. The lowest BCUT2D eigenvalue weighted by atomic mass is 10.1. The quantitative estimate of drug-likeness (QED) is 0.846. The molecule has 3 rings (SSSR count). The van der Waals surface area contributed by atoms with Crippen LogP contribution in [-0.4, -0.2) is 34.4 Å². The zero-order valence-corrected chi connectivity index (χ0v) is 9.59. The predicted molar refractivity (Wildman–Crippen MR) is 68.0 cm³/mol. The van der Waals surface area contributed by atoms with Crippen molar-refractivity contribution in [3.05, 3.63) is 30.1 Å². The highest BCUT2D eigenvalue weighted by Crippen LogP contribution is 2.22. The minimum absolute atomic E-state index is 0.847. The lowest BCUT2D eigenvalue weighted by molar-refractivity contribution is 0.557. The Hall–Kier alpha value is -2.17. The summed E-state index contributed by atoms with van der Waals surface area (Å²) in [6, 6.07) is 4.00. The molecule has 2 aromatic rings. The Labute approximate surface area is 99.2 Å². The normalized spacial score (nSPS) is 14.5. The van der Waals surface area contributed by atoms with Gasteiger partial charge in [0.05, 0.1) is 29.8 Å². The highest BCUT2D eigenvalue weighted by molar-refractivity contribution is 5.83. The molecule has 1 N–H and O–H groups in total. The molecular weight excluding hydrogens is 214 g/mol. The molecule has 5 heteroatoms. The molecule has 0 aliphatic carbocycles. The fourth-order valence-corrected chi connectivity index (χ4v) is 1.91. The molecule has 2 heterocycles. The van der Waals surface area contributed by atoms with Crippen molar-refractivity contribution in [2.75, 3.05) is 18.5 Å². The summed E-state index contributed by atoms with van der Waals surface area (Å²) in [6.07, 6.45) is 5.25. The zero-order chi connectivity index (χ0) is 11.7. The summed E-state index contributed by atoms with van der Waals surface area (Å²) in [5, 5.41) is 1.98. The fourth-order valence-electron chi connectivity index (χ4n) is 1.91. The topological polar surface area (TPSA) is 53.4 Å². The van der Waals surface area contributed by atoms with Crippen LogP contribution in [0.1, 0.15) is 5.56 Å². The predicted octanol–water partition coefficient (Wildman–Crippen LogP) is 1.61. The largest absolute Gasteiger partial charge is 0.297 e. The molecule has 0 atom stereocenters. The van der Waals surface area contributed by atoms with Crippen molar-refractivity contribution in [2.45, 2.75) is 6.92 Å². The number of anilines is 1. The van der Waals surface area contributed by atoms with E-state index in [0.29, 0.717) is 0 Å². The van der Waals surface area contributed by atoms with E-state index in [1.807, 2.05) is 30.4 Å². The number of aliphatic imine (C=N–C) groups is 1. The molecule has 1 aromatic heterocycles. The summed E-state index contributed by atoms with van der Waals surface area (Å²) >= 11 is 0. The molecule has 1 aliphatic heterocycles. The maximum Gasteiger partial charge on any atom is 0.104 e. The Balaban J connectivity index is 1.99. The van der Waals surface area contributed by atoms with Gasteiger partial charge < -0.3 is 0 Å². The summed E-state index contributed by atoms with van der Waals surface area (Å²) in [6.45, 7) is 3.80. The van der Waals surface area contributed by atoms with Gasteiger partial charge in [0.2, 0.25) is 0 Å². The van der Waals surface area contributed by atoms with Crippen LogP contribution in [0.25, 0.3) is 11.0 Å². The van der Waals surface area contributed by atoms with Crippen molar-refractivity contribution in [3.63, 3.8) is 0 Å². The van der Waals surface area contributed by atoms with Gasteiger partial charge in [-0.25, -0.2) is 0 Å². The number of fused-ring (bicyclic) bond motifs is 1. The minimum Gasteiger partial charge on any atom is -0.297 e. The summed E-state index contributed by atoms with van der Waals surface area (Å²) < 4.78 is 0. The third-order valence-corrected chi connectivity index (χ3v) is 2.85. The van der Waals surface area contributed by atoms with E-state index in [2.05, 4.69) is 20.4 Å². The molecule has 0 bridgehead atoms. The van der Waals surface area contributed by atoms with Gasteiger partial charge in [0.25, 0.3) is 0 Å². The van der Waals surface area contributed by atoms with E-state index in [0.717, 1.165) is 35.4 Å². The van der Waals surface area contributed by atoms with Gasteiger partial charge in [-0.15, -0.1) is 0 Å². The van der Waals surface area contributed by atoms with Crippen molar-refractivity contribution in [2.24, 2.45) is 4.99 Å². The smallest absolute Gasteiger partial charge is 0.104 e. The Morgan fingerprint density at radius 1 is 1.24 bits per heavy atom. The number of hydrogen-bond donors (Lipinski definition) is 1. The summed E-state index contributed by atoms with van der Waals surface area (Å²) in [7, 11) is 0. The van der Waals surface area contributed by atoms with E-state index in [9.17, 15) is 0 Å². The number of hydrazine groups is 1. The van der Waals surface area contributed by atoms with Gasteiger partial charge in [0.15, 0.2) is 0 Å². The summed E-state index contributed by atoms with van der Waals surface area (Å²) in [5.74, 6) is 0. The molecule has 17 heavy (non-hydrogen) atoms. The lowest BCUT2D eigenvalue weighted by Gasteiger charge is -2.18. The third kappa shape index (κ3) is 1.80. The molecule has 0 saturated heterocycles. The van der Waals surface area contributed by atoms with Crippen molar-refractivity contribution in [3.8, 4) is 0 Å². The van der Waals surface area contributed by atoms with Gasteiger partial charge in [-0.1, -0.05) is 0 Å². The van der Waals surface area contributed by atoms with Gasteiger partial charge in [-0.3, -0.25) is 25.4 Å². The fraction of sp³-hybridized carbons (Fsp3) is 0.250. The molecule has 5 nitrogen and oxygen atoms in total. The van der Waals surface area contributed by atoms with Crippen LogP contribution in [0.15, 0.2) is 29.5 Å². The first-order valence-corrected chi connectivity index (χ1v) is 5.58.